The second-order valence-electron chi connectivity index (χ2n) is 5.20. The lowest BCUT2D eigenvalue weighted by Crippen LogP contribution is -2.36. The molecule has 21 heavy (non-hydrogen) atoms. The third-order valence-electron chi connectivity index (χ3n) is 2.96. The van der Waals surface area contributed by atoms with Crippen molar-refractivity contribution >= 4 is 24.0 Å². The van der Waals surface area contributed by atoms with Gasteiger partial charge in [-0.1, -0.05) is 19.9 Å². The van der Waals surface area contributed by atoms with Crippen molar-refractivity contribution in [2.75, 3.05) is 5.32 Å². The fraction of sp³-hybridized carbons (Fsp3) is 0.500. The van der Waals surface area contributed by atoms with Crippen LogP contribution in [0.4, 0.5) is 18.9 Å². The van der Waals surface area contributed by atoms with Crippen LogP contribution in [-0.2, 0) is 11.0 Å². The molecule has 0 heterocycles. The van der Waals surface area contributed by atoms with Gasteiger partial charge in [-0.3, -0.25) is 4.79 Å². The molecule has 3 N–H and O–H groups in total. The van der Waals surface area contributed by atoms with Crippen molar-refractivity contribution in [3.63, 3.8) is 0 Å². The molecule has 1 rings (SSSR count). The molecule has 1 aromatic carbocycles. The van der Waals surface area contributed by atoms with Gasteiger partial charge in [-0.25, -0.2) is 0 Å². The third-order valence-corrected chi connectivity index (χ3v) is 2.96. The van der Waals surface area contributed by atoms with E-state index in [-0.39, 0.29) is 29.6 Å². The zero-order valence-corrected chi connectivity index (χ0v) is 12.9. The maximum absolute atomic E-state index is 12.8. The van der Waals surface area contributed by atoms with E-state index in [4.69, 9.17) is 5.73 Å². The van der Waals surface area contributed by atoms with Crippen LogP contribution < -0.4 is 11.1 Å². The van der Waals surface area contributed by atoms with Crippen LogP contribution in [0.2, 0.25) is 0 Å². The number of carbonyl (C=O) groups is 1. The van der Waals surface area contributed by atoms with Gasteiger partial charge in [-0.05, 0) is 37.0 Å². The zero-order valence-electron chi connectivity index (χ0n) is 12.1. The molecule has 0 saturated heterocycles. The van der Waals surface area contributed by atoms with E-state index in [9.17, 15) is 18.0 Å². The van der Waals surface area contributed by atoms with E-state index in [1.807, 2.05) is 13.8 Å². The summed E-state index contributed by atoms with van der Waals surface area (Å²) in [5, 5.41) is 2.46. The Morgan fingerprint density at radius 1 is 1.33 bits per heavy atom. The van der Waals surface area contributed by atoms with E-state index in [2.05, 4.69) is 5.32 Å². The quantitative estimate of drug-likeness (QED) is 0.886. The number of rotatable bonds is 4. The molecule has 3 nitrogen and oxygen atoms in total. The van der Waals surface area contributed by atoms with Gasteiger partial charge in [0, 0.05) is 5.69 Å². The average molecular weight is 325 g/mol. The van der Waals surface area contributed by atoms with E-state index in [1.54, 1.807) is 0 Å². The number of benzene rings is 1. The highest BCUT2D eigenvalue weighted by molar-refractivity contribution is 5.95. The zero-order chi connectivity index (χ0) is 15.5. The molecule has 0 unspecified atom stereocenters. The summed E-state index contributed by atoms with van der Waals surface area (Å²) < 4.78 is 38.3. The van der Waals surface area contributed by atoms with Crippen molar-refractivity contribution in [1.29, 1.82) is 0 Å². The van der Waals surface area contributed by atoms with E-state index in [0.29, 0.717) is 6.42 Å². The minimum Gasteiger partial charge on any atom is -0.324 e. The van der Waals surface area contributed by atoms with Crippen LogP contribution in [0.15, 0.2) is 18.2 Å². The summed E-state index contributed by atoms with van der Waals surface area (Å²) in [7, 11) is 0. The van der Waals surface area contributed by atoms with E-state index in [1.165, 1.54) is 19.1 Å². The SMILES string of the molecule is Cc1c(NC(=O)[C@@H](N)CC(C)C)cccc1C(F)(F)F.Cl. The summed E-state index contributed by atoms with van der Waals surface area (Å²) in [4.78, 5) is 11.8. The monoisotopic (exact) mass is 324 g/mol. The third kappa shape index (κ3) is 5.55. The van der Waals surface area contributed by atoms with Gasteiger partial charge in [0.2, 0.25) is 5.91 Å². The fourth-order valence-corrected chi connectivity index (χ4v) is 1.92. The van der Waals surface area contributed by atoms with E-state index >= 15 is 0 Å². The Morgan fingerprint density at radius 2 is 1.90 bits per heavy atom. The number of halogens is 4. The van der Waals surface area contributed by atoms with Crippen molar-refractivity contribution in [2.24, 2.45) is 11.7 Å². The fourth-order valence-electron chi connectivity index (χ4n) is 1.92. The van der Waals surface area contributed by atoms with Gasteiger partial charge in [0.05, 0.1) is 11.6 Å². The number of anilines is 1. The predicted molar refractivity (Wildman–Crippen MR) is 79.5 cm³/mol. The first kappa shape index (κ1) is 19.7. The highest BCUT2D eigenvalue weighted by Gasteiger charge is 2.33. The van der Waals surface area contributed by atoms with Crippen LogP contribution in [0.5, 0.6) is 0 Å². The second-order valence-corrected chi connectivity index (χ2v) is 5.20. The van der Waals surface area contributed by atoms with Gasteiger partial charge < -0.3 is 11.1 Å². The summed E-state index contributed by atoms with van der Waals surface area (Å²) in [6, 6.07) is 2.95. The molecule has 0 spiro atoms. The largest absolute Gasteiger partial charge is 0.416 e. The number of amides is 1. The number of hydrogen-bond acceptors (Lipinski definition) is 2. The Balaban J connectivity index is 0.00000400. The summed E-state index contributed by atoms with van der Waals surface area (Å²) in [5.41, 5.74) is 5.08. The lowest BCUT2D eigenvalue weighted by molar-refractivity contribution is -0.138. The van der Waals surface area contributed by atoms with Crippen molar-refractivity contribution in [2.45, 2.75) is 39.4 Å². The van der Waals surface area contributed by atoms with Crippen LogP contribution in [-0.4, -0.2) is 11.9 Å². The molecule has 1 aromatic rings. The normalized spacial score (nSPS) is 12.8. The Labute approximate surface area is 128 Å². The number of hydrogen-bond donors (Lipinski definition) is 2. The first-order chi connectivity index (χ1) is 9.12. The lowest BCUT2D eigenvalue weighted by Gasteiger charge is -2.17. The number of carbonyl (C=O) groups excluding carboxylic acids is 1. The molecule has 7 heteroatoms. The van der Waals surface area contributed by atoms with Crippen molar-refractivity contribution in [3.8, 4) is 0 Å². The Kier molecular flexibility index (Phi) is 7.19. The summed E-state index contributed by atoms with van der Waals surface area (Å²) in [6.07, 6.45) is -3.96. The van der Waals surface area contributed by atoms with Crippen molar-refractivity contribution in [3.05, 3.63) is 29.3 Å². The highest BCUT2D eigenvalue weighted by atomic mass is 35.5. The Bertz CT molecular complexity index is 490. The molecular formula is C14H20ClF3N2O. The smallest absolute Gasteiger partial charge is 0.324 e. The minimum absolute atomic E-state index is 0. The molecule has 120 valence electrons. The number of nitrogens with one attached hydrogen (secondary N) is 1. The molecule has 0 radical (unpaired) electrons. The predicted octanol–water partition coefficient (Wildman–Crippen LogP) is 3.75. The first-order valence-corrected chi connectivity index (χ1v) is 6.36. The topological polar surface area (TPSA) is 55.1 Å². The Morgan fingerprint density at radius 3 is 2.38 bits per heavy atom. The van der Waals surface area contributed by atoms with E-state index < -0.39 is 23.7 Å². The van der Waals surface area contributed by atoms with Gasteiger partial charge >= 0.3 is 6.18 Å². The molecule has 0 aromatic heterocycles. The molecule has 0 aliphatic carbocycles. The van der Waals surface area contributed by atoms with Crippen LogP contribution in [0.1, 0.15) is 31.4 Å². The van der Waals surface area contributed by atoms with Crippen LogP contribution in [0.3, 0.4) is 0 Å². The maximum atomic E-state index is 12.8. The molecule has 0 fully saturated rings. The minimum atomic E-state index is -4.44. The van der Waals surface area contributed by atoms with Crippen LogP contribution in [0.25, 0.3) is 0 Å². The van der Waals surface area contributed by atoms with Gasteiger partial charge in [-0.2, -0.15) is 13.2 Å². The number of nitrogens with two attached hydrogens (primary N) is 1. The van der Waals surface area contributed by atoms with Gasteiger partial charge in [-0.15, -0.1) is 12.4 Å². The molecule has 0 saturated carbocycles. The highest BCUT2D eigenvalue weighted by Crippen LogP contribution is 2.34. The number of alkyl halides is 3. The molecule has 1 atom stereocenters. The molecule has 0 aliphatic rings. The van der Waals surface area contributed by atoms with Crippen molar-refractivity contribution < 1.29 is 18.0 Å². The summed E-state index contributed by atoms with van der Waals surface area (Å²) >= 11 is 0. The lowest BCUT2D eigenvalue weighted by atomic mass is 10.0. The van der Waals surface area contributed by atoms with Gasteiger partial charge in [0.25, 0.3) is 0 Å². The average Bonchev–Trinajstić information content (AvgIpc) is 2.29. The van der Waals surface area contributed by atoms with E-state index in [0.717, 1.165) is 6.07 Å². The van der Waals surface area contributed by atoms with Crippen molar-refractivity contribution in [1.82, 2.24) is 0 Å². The second kappa shape index (κ2) is 7.66. The molecule has 0 aliphatic heterocycles. The summed E-state index contributed by atoms with van der Waals surface area (Å²) in [6.45, 7) is 5.16. The van der Waals surface area contributed by atoms with Gasteiger partial charge in [0.15, 0.2) is 0 Å². The summed E-state index contributed by atoms with van der Waals surface area (Å²) in [5.74, 6) is -0.237. The molecular weight excluding hydrogens is 305 g/mol. The standard InChI is InChI=1S/C14H19F3N2O.ClH/c1-8(2)7-11(18)13(20)19-12-6-4-5-10(9(12)3)14(15,16)17;/h4-6,8,11H,7,18H2,1-3H3,(H,19,20);1H/t11-;/m0./s1. The maximum Gasteiger partial charge on any atom is 0.416 e. The first-order valence-electron chi connectivity index (χ1n) is 6.36. The molecule has 1 amide bonds. The molecule has 0 bridgehead atoms. The van der Waals surface area contributed by atoms with Crippen LogP contribution >= 0.6 is 12.4 Å². The Hall–Kier alpha value is -1.27. The van der Waals surface area contributed by atoms with Crippen LogP contribution in [0, 0.1) is 12.8 Å². The van der Waals surface area contributed by atoms with Gasteiger partial charge in [0.1, 0.15) is 0 Å².